The molecule has 1 saturated heterocycles. The molecule has 120 valence electrons. The Bertz CT molecular complexity index is 699. The average Bonchev–Trinajstić information content (AvgIpc) is 3.03. The fourth-order valence-corrected chi connectivity index (χ4v) is 3.08. The van der Waals surface area contributed by atoms with Crippen LogP contribution in [0.4, 0.5) is 5.69 Å². The van der Waals surface area contributed by atoms with E-state index in [2.05, 4.69) is 16.3 Å². The van der Waals surface area contributed by atoms with Gasteiger partial charge >= 0.3 is 0 Å². The summed E-state index contributed by atoms with van der Waals surface area (Å²) < 4.78 is 5.43. The van der Waals surface area contributed by atoms with Gasteiger partial charge in [-0.2, -0.15) is 0 Å². The summed E-state index contributed by atoms with van der Waals surface area (Å²) >= 11 is 0. The summed E-state index contributed by atoms with van der Waals surface area (Å²) in [6, 6.07) is 15.9. The van der Waals surface area contributed by atoms with E-state index in [1.807, 2.05) is 49.4 Å². The SMILES string of the molecule is COc1ccccc1N1CCC(NC(=O)c2ccccc2C)C1. The first-order valence-electron chi connectivity index (χ1n) is 7.93. The molecular formula is C19H22N2O2. The fourth-order valence-electron chi connectivity index (χ4n) is 3.08. The quantitative estimate of drug-likeness (QED) is 0.944. The van der Waals surface area contributed by atoms with E-state index < -0.39 is 0 Å². The number of aryl methyl sites for hydroxylation is 1. The van der Waals surface area contributed by atoms with E-state index in [-0.39, 0.29) is 11.9 Å². The Balaban J connectivity index is 1.66. The summed E-state index contributed by atoms with van der Waals surface area (Å²) in [5.41, 5.74) is 2.84. The van der Waals surface area contributed by atoms with Gasteiger partial charge < -0.3 is 15.0 Å². The second kappa shape index (κ2) is 6.73. The van der Waals surface area contributed by atoms with Crippen molar-refractivity contribution < 1.29 is 9.53 Å². The van der Waals surface area contributed by atoms with Gasteiger partial charge in [0.25, 0.3) is 5.91 Å². The molecule has 0 radical (unpaired) electrons. The van der Waals surface area contributed by atoms with Crippen LogP contribution in [0.2, 0.25) is 0 Å². The molecular weight excluding hydrogens is 288 g/mol. The summed E-state index contributed by atoms with van der Waals surface area (Å²) in [6.45, 7) is 3.68. The van der Waals surface area contributed by atoms with Crippen molar-refractivity contribution in [1.82, 2.24) is 5.32 Å². The topological polar surface area (TPSA) is 41.6 Å². The lowest BCUT2D eigenvalue weighted by Crippen LogP contribution is -2.37. The molecule has 4 heteroatoms. The Morgan fingerprint density at radius 3 is 2.70 bits per heavy atom. The molecule has 1 heterocycles. The van der Waals surface area contributed by atoms with Crippen LogP contribution in [0.15, 0.2) is 48.5 Å². The van der Waals surface area contributed by atoms with Crippen molar-refractivity contribution >= 4 is 11.6 Å². The number of anilines is 1. The number of nitrogens with zero attached hydrogens (tertiary/aromatic N) is 1. The van der Waals surface area contributed by atoms with Gasteiger partial charge in [-0.1, -0.05) is 30.3 Å². The second-order valence-corrected chi connectivity index (χ2v) is 5.89. The molecule has 2 aromatic carbocycles. The highest BCUT2D eigenvalue weighted by Crippen LogP contribution is 2.30. The first-order valence-corrected chi connectivity index (χ1v) is 7.93. The van der Waals surface area contributed by atoms with Crippen molar-refractivity contribution in [2.24, 2.45) is 0 Å². The Hall–Kier alpha value is -2.49. The molecule has 0 saturated carbocycles. The lowest BCUT2D eigenvalue weighted by molar-refractivity contribution is 0.0940. The van der Waals surface area contributed by atoms with Crippen LogP contribution in [-0.4, -0.2) is 32.1 Å². The molecule has 3 rings (SSSR count). The molecule has 1 N–H and O–H groups in total. The van der Waals surface area contributed by atoms with Gasteiger partial charge in [0.2, 0.25) is 0 Å². The van der Waals surface area contributed by atoms with E-state index in [9.17, 15) is 4.79 Å². The number of amides is 1. The van der Waals surface area contributed by atoms with E-state index >= 15 is 0 Å². The van der Waals surface area contributed by atoms with Gasteiger partial charge in [-0.25, -0.2) is 0 Å². The predicted octanol–water partition coefficient (Wildman–Crippen LogP) is 3.01. The van der Waals surface area contributed by atoms with Crippen LogP contribution in [0.1, 0.15) is 22.3 Å². The normalized spacial score (nSPS) is 17.1. The average molecular weight is 310 g/mol. The maximum atomic E-state index is 12.4. The van der Waals surface area contributed by atoms with Crippen LogP contribution in [0.25, 0.3) is 0 Å². The minimum absolute atomic E-state index is 0.00924. The fraction of sp³-hybridized carbons (Fsp3) is 0.316. The Morgan fingerprint density at radius 1 is 1.17 bits per heavy atom. The van der Waals surface area contributed by atoms with E-state index in [0.717, 1.165) is 42.1 Å². The van der Waals surface area contributed by atoms with Crippen LogP contribution < -0.4 is 15.0 Å². The number of benzene rings is 2. The van der Waals surface area contributed by atoms with Crippen molar-refractivity contribution in [2.75, 3.05) is 25.1 Å². The van der Waals surface area contributed by atoms with Gasteiger partial charge in [-0.15, -0.1) is 0 Å². The third-order valence-electron chi connectivity index (χ3n) is 4.34. The summed E-state index contributed by atoms with van der Waals surface area (Å²) in [7, 11) is 1.69. The van der Waals surface area contributed by atoms with E-state index in [1.54, 1.807) is 7.11 Å². The number of methoxy groups -OCH3 is 1. The molecule has 23 heavy (non-hydrogen) atoms. The monoisotopic (exact) mass is 310 g/mol. The number of hydrogen-bond donors (Lipinski definition) is 1. The maximum absolute atomic E-state index is 12.4. The molecule has 2 aromatic rings. The van der Waals surface area contributed by atoms with Crippen LogP contribution in [0, 0.1) is 6.92 Å². The standard InChI is InChI=1S/C19H22N2O2/c1-14-7-3-4-8-16(14)19(22)20-15-11-12-21(13-15)17-9-5-6-10-18(17)23-2/h3-10,15H,11-13H2,1-2H3,(H,20,22). The third-order valence-corrected chi connectivity index (χ3v) is 4.34. The molecule has 1 aliphatic heterocycles. The van der Waals surface area contributed by atoms with Crippen molar-refractivity contribution in [3.05, 3.63) is 59.7 Å². The van der Waals surface area contributed by atoms with Crippen molar-refractivity contribution in [3.8, 4) is 5.75 Å². The highest BCUT2D eigenvalue weighted by atomic mass is 16.5. The van der Waals surface area contributed by atoms with E-state index in [1.165, 1.54) is 0 Å². The highest BCUT2D eigenvalue weighted by molar-refractivity contribution is 5.95. The summed E-state index contributed by atoms with van der Waals surface area (Å²) in [5.74, 6) is 0.883. The molecule has 0 spiro atoms. The molecule has 0 aromatic heterocycles. The van der Waals surface area contributed by atoms with E-state index in [4.69, 9.17) is 4.74 Å². The van der Waals surface area contributed by atoms with E-state index in [0.29, 0.717) is 0 Å². The Morgan fingerprint density at radius 2 is 1.91 bits per heavy atom. The lowest BCUT2D eigenvalue weighted by atomic mass is 10.1. The van der Waals surface area contributed by atoms with Crippen LogP contribution in [0.3, 0.4) is 0 Å². The molecule has 0 bridgehead atoms. The molecule has 0 aliphatic carbocycles. The Kier molecular flexibility index (Phi) is 4.51. The zero-order chi connectivity index (χ0) is 16.2. The summed E-state index contributed by atoms with van der Waals surface area (Å²) in [6.07, 6.45) is 0.940. The molecule has 1 atom stereocenters. The first-order chi connectivity index (χ1) is 11.2. The van der Waals surface area contributed by atoms with Crippen molar-refractivity contribution in [3.63, 3.8) is 0 Å². The number of hydrogen-bond acceptors (Lipinski definition) is 3. The molecule has 1 unspecified atom stereocenters. The largest absolute Gasteiger partial charge is 0.495 e. The lowest BCUT2D eigenvalue weighted by Gasteiger charge is -2.21. The molecule has 1 amide bonds. The van der Waals surface area contributed by atoms with Gasteiger partial charge in [-0.3, -0.25) is 4.79 Å². The first kappa shape index (κ1) is 15.4. The van der Waals surface area contributed by atoms with Crippen LogP contribution in [-0.2, 0) is 0 Å². The number of rotatable bonds is 4. The smallest absolute Gasteiger partial charge is 0.251 e. The minimum atomic E-state index is 0.00924. The Labute approximate surface area is 137 Å². The van der Waals surface area contributed by atoms with Gasteiger partial charge in [-0.05, 0) is 37.1 Å². The number of carbonyl (C=O) groups excluding carboxylic acids is 1. The van der Waals surface area contributed by atoms with Gasteiger partial charge in [0.05, 0.1) is 12.8 Å². The summed E-state index contributed by atoms with van der Waals surface area (Å²) in [4.78, 5) is 14.7. The molecule has 1 fully saturated rings. The predicted molar refractivity (Wildman–Crippen MR) is 92.3 cm³/mol. The third kappa shape index (κ3) is 3.31. The molecule has 1 aliphatic rings. The minimum Gasteiger partial charge on any atom is -0.495 e. The van der Waals surface area contributed by atoms with Crippen molar-refractivity contribution in [1.29, 1.82) is 0 Å². The number of carbonyl (C=O) groups is 1. The zero-order valence-electron chi connectivity index (χ0n) is 13.6. The number of ether oxygens (including phenoxy) is 1. The number of nitrogens with one attached hydrogen (secondary N) is 1. The van der Waals surface area contributed by atoms with Crippen molar-refractivity contribution in [2.45, 2.75) is 19.4 Å². The van der Waals surface area contributed by atoms with Gasteiger partial charge in [0, 0.05) is 24.7 Å². The van der Waals surface area contributed by atoms with Crippen LogP contribution in [0.5, 0.6) is 5.75 Å². The van der Waals surface area contributed by atoms with Gasteiger partial charge in [0.1, 0.15) is 5.75 Å². The molecule has 4 nitrogen and oxygen atoms in total. The highest BCUT2D eigenvalue weighted by Gasteiger charge is 2.26. The number of para-hydroxylation sites is 2. The van der Waals surface area contributed by atoms with Gasteiger partial charge in [0.15, 0.2) is 0 Å². The second-order valence-electron chi connectivity index (χ2n) is 5.89. The summed E-state index contributed by atoms with van der Waals surface area (Å²) in [5, 5.41) is 3.15. The maximum Gasteiger partial charge on any atom is 0.251 e. The zero-order valence-corrected chi connectivity index (χ0v) is 13.6. The van der Waals surface area contributed by atoms with Crippen LogP contribution >= 0.6 is 0 Å².